The molecule has 0 amide bonds. The third kappa shape index (κ3) is 14.7. The standard InChI is InChI=1S/C12H18O2.2C2H6/c1-4-7-9-11(6-3)12(13)14-10-8-5-2;2*1-2/h4,6-7,9H,1,5,8,10H2,2-3H3;2*1-2H3/b9-7-,11-6+;;. The molecule has 0 N–H and O–H groups in total. The van der Waals surface area contributed by atoms with Gasteiger partial charge in [-0.25, -0.2) is 4.79 Å². The van der Waals surface area contributed by atoms with E-state index in [1.54, 1.807) is 24.3 Å². The summed E-state index contributed by atoms with van der Waals surface area (Å²) < 4.78 is 5.04. The number of carbonyl (C=O) groups excluding carboxylic acids is 1. The Hall–Kier alpha value is -1.31. The fourth-order valence-electron chi connectivity index (χ4n) is 0.846. The highest BCUT2D eigenvalue weighted by Crippen LogP contribution is 2.01. The molecule has 0 radical (unpaired) electrons. The number of allylic oxidation sites excluding steroid dienone is 3. The topological polar surface area (TPSA) is 26.3 Å². The van der Waals surface area contributed by atoms with Crippen LogP contribution in [0.2, 0.25) is 0 Å². The predicted octanol–water partition coefficient (Wildman–Crippen LogP) is 5.07. The Morgan fingerprint density at radius 2 is 1.78 bits per heavy atom. The molecule has 0 saturated heterocycles. The van der Waals surface area contributed by atoms with E-state index in [2.05, 4.69) is 13.5 Å². The van der Waals surface area contributed by atoms with Gasteiger partial charge >= 0.3 is 5.97 Å². The number of carbonyl (C=O) groups is 1. The predicted molar refractivity (Wildman–Crippen MR) is 81.7 cm³/mol. The molecular formula is C16H30O2. The highest BCUT2D eigenvalue weighted by atomic mass is 16.5. The van der Waals surface area contributed by atoms with Crippen LogP contribution in [0.4, 0.5) is 0 Å². The van der Waals surface area contributed by atoms with Crippen LogP contribution >= 0.6 is 0 Å². The van der Waals surface area contributed by atoms with Crippen molar-refractivity contribution in [3.05, 3.63) is 36.5 Å². The first-order valence-electron chi connectivity index (χ1n) is 6.88. The van der Waals surface area contributed by atoms with Crippen LogP contribution in [0.3, 0.4) is 0 Å². The summed E-state index contributed by atoms with van der Waals surface area (Å²) >= 11 is 0. The summed E-state index contributed by atoms with van der Waals surface area (Å²) in [5.74, 6) is -0.265. The van der Waals surface area contributed by atoms with Crippen molar-refractivity contribution < 1.29 is 9.53 Å². The zero-order chi connectivity index (χ0) is 14.8. The van der Waals surface area contributed by atoms with Crippen molar-refractivity contribution in [3.63, 3.8) is 0 Å². The quantitative estimate of drug-likeness (QED) is 0.286. The van der Waals surface area contributed by atoms with E-state index in [9.17, 15) is 4.79 Å². The Balaban J connectivity index is -0.000000506. The minimum atomic E-state index is -0.265. The van der Waals surface area contributed by atoms with Gasteiger partial charge in [-0.05, 0) is 19.4 Å². The van der Waals surface area contributed by atoms with E-state index in [1.165, 1.54) is 0 Å². The summed E-state index contributed by atoms with van der Waals surface area (Å²) in [6, 6.07) is 0. The second-order valence-corrected chi connectivity index (χ2v) is 2.83. The highest BCUT2D eigenvalue weighted by molar-refractivity contribution is 5.91. The van der Waals surface area contributed by atoms with Gasteiger partial charge in [-0.3, -0.25) is 0 Å². The highest BCUT2D eigenvalue weighted by Gasteiger charge is 2.05. The van der Waals surface area contributed by atoms with Gasteiger partial charge in [0.2, 0.25) is 0 Å². The van der Waals surface area contributed by atoms with Crippen molar-refractivity contribution in [2.24, 2.45) is 0 Å². The average Bonchev–Trinajstić information content (AvgIpc) is 2.44. The lowest BCUT2D eigenvalue weighted by atomic mass is 10.2. The zero-order valence-electron chi connectivity index (χ0n) is 13.0. The van der Waals surface area contributed by atoms with Crippen molar-refractivity contribution in [2.45, 2.75) is 54.4 Å². The van der Waals surface area contributed by atoms with Gasteiger partial charge in [-0.2, -0.15) is 0 Å². The van der Waals surface area contributed by atoms with Gasteiger partial charge in [0.1, 0.15) is 0 Å². The van der Waals surface area contributed by atoms with E-state index in [0.29, 0.717) is 12.2 Å². The van der Waals surface area contributed by atoms with E-state index < -0.39 is 0 Å². The van der Waals surface area contributed by atoms with Crippen LogP contribution in [-0.2, 0) is 9.53 Å². The summed E-state index contributed by atoms with van der Waals surface area (Å²) in [5.41, 5.74) is 0.570. The van der Waals surface area contributed by atoms with Gasteiger partial charge in [0.15, 0.2) is 0 Å². The van der Waals surface area contributed by atoms with Crippen molar-refractivity contribution in [3.8, 4) is 0 Å². The van der Waals surface area contributed by atoms with E-state index in [0.717, 1.165) is 12.8 Å². The second kappa shape index (κ2) is 21.0. The van der Waals surface area contributed by atoms with Crippen LogP contribution in [0.25, 0.3) is 0 Å². The Bertz CT molecular complexity index is 237. The molecular weight excluding hydrogens is 224 g/mol. The van der Waals surface area contributed by atoms with Gasteiger partial charge in [0, 0.05) is 0 Å². The van der Waals surface area contributed by atoms with Crippen LogP contribution in [0.5, 0.6) is 0 Å². The number of rotatable bonds is 6. The number of unbranched alkanes of at least 4 members (excludes halogenated alkanes) is 1. The summed E-state index contributed by atoms with van der Waals surface area (Å²) in [6.45, 7) is 15.9. The maximum absolute atomic E-state index is 11.4. The summed E-state index contributed by atoms with van der Waals surface area (Å²) in [4.78, 5) is 11.4. The summed E-state index contributed by atoms with van der Waals surface area (Å²) in [5, 5.41) is 0. The molecule has 0 aromatic heterocycles. The first-order valence-corrected chi connectivity index (χ1v) is 6.88. The first kappa shape index (κ1) is 21.9. The minimum absolute atomic E-state index is 0.265. The molecule has 0 bridgehead atoms. The molecule has 0 aliphatic heterocycles. The molecule has 106 valence electrons. The van der Waals surface area contributed by atoms with Crippen LogP contribution in [0.1, 0.15) is 54.4 Å². The Labute approximate surface area is 113 Å². The fourth-order valence-corrected chi connectivity index (χ4v) is 0.846. The molecule has 0 aromatic carbocycles. The van der Waals surface area contributed by atoms with Gasteiger partial charge in [-0.1, -0.05) is 65.8 Å². The SMILES string of the molecule is C=C/C=C\C(=C/C)C(=O)OCCCC.CC.CC. The number of esters is 1. The van der Waals surface area contributed by atoms with Crippen molar-refractivity contribution in [1.82, 2.24) is 0 Å². The average molecular weight is 254 g/mol. The summed E-state index contributed by atoms with van der Waals surface area (Å²) in [7, 11) is 0. The van der Waals surface area contributed by atoms with Gasteiger partial charge < -0.3 is 4.74 Å². The molecule has 18 heavy (non-hydrogen) atoms. The van der Waals surface area contributed by atoms with Gasteiger partial charge in [-0.15, -0.1) is 0 Å². The third-order valence-corrected chi connectivity index (χ3v) is 1.69. The number of hydrogen-bond acceptors (Lipinski definition) is 2. The molecule has 0 aliphatic rings. The van der Waals surface area contributed by atoms with E-state index >= 15 is 0 Å². The molecule has 0 rings (SSSR count). The number of ether oxygens (including phenoxy) is 1. The second-order valence-electron chi connectivity index (χ2n) is 2.83. The summed E-state index contributed by atoms with van der Waals surface area (Å²) in [6.07, 6.45) is 8.71. The molecule has 2 nitrogen and oxygen atoms in total. The van der Waals surface area contributed by atoms with Crippen LogP contribution in [-0.4, -0.2) is 12.6 Å². The Morgan fingerprint density at radius 3 is 2.17 bits per heavy atom. The smallest absolute Gasteiger partial charge is 0.337 e. The maximum atomic E-state index is 11.4. The van der Waals surface area contributed by atoms with Crippen molar-refractivity contribution in [1.29, 1.82) is 0 Å². The van der Waals surface area contributed by atoms with Gasteiger partial charge in [0.25, 0.3) is 0 Å². The van der Waals surface area contributed by atoms with Crippen LogP contribution < -0.4 is 0 Å². The third-order valence-electron chi connectivity index (χ3n) is 1.69. The molecule has 0 spiro atoms. The lowest BCUT2D eigenvalue weighted by molar-refractivity contribution is -0.138. The lowest BCUT2D eigenvalue weighted by Gasteiger charge is -2.03. The Kier molecular flexibility index (Phi) is 25.6. The molecule has 0 unspecified atom stereocenters. The molecule has 0 aromatic rings. The van der Waals surface area contributed by atoms with Crippen LogP contribution in [0.15, 0.2) is 36.5 Å². The number of hydrogen-bond donors (Lipinski definition) is 0. The maximum Gasteiger partial charge on any atom is 0.337 e. The van der Waals surface area contributed by atoms with Crippen molar-refractivity contribution >= 4 is 5.97 Å². The fraction of sp³-hybridized carbons (Fsp3) is 0.562. The van der Waals surface area contributed by atoms with E-state index in [-0.39, 0.29) is 5.97 Å². The van der Waals surface area contributed by atoms with Crippen LogP contribution in [0, 0.1) is 0 Å². The molecule has 2 heteroatoms. The molecule has 0 saturated carbocycles. The lowest BCUT2D eigenvalue weighted by Crippen LogP contribution is -2.07. The molecule has 0 heterocycles. The molecule has 0 aliphatic carbocycles. The van der Waals surface area contributed by atoms with E-state index in [1.807, 2.05) is 34.6 Å². The molecule has 0 atom stereocenters. The monoisotopic (exact) mass is 254 g/mol. The van der Waals surface area contributed by atoms with Crippen molar-refractivity contribution in [2.75, 3.05) is 6.61 Å². The van der Waals surface area contributed by atoms with Gasteiger partial charge in [0.05, 0.1) is 12.2 Å². The minimum Gasteiger partial charge on any atom is -0.462 e. The largest absolute Gasteiger partial charge is 0.462 e. The first-order chi connectivity index (χ1) is 8.76. The Morgan fingerprint density at radius 1 is 1.22 bits per heavy atom. The van der Waals surface area contributed by atoms with E-state index in [4.69, 9.17) is 4.74 Å². The molecule has 0 fully saturated rings. The normalized spacial score (nSPS) is 9.78. The zero-order valence-corrected chi connectivity index (χ0v) is 13.0.